The Balaban J connectivity index is 2.76. The second-order valence-electron chi connectivity index (χ2n) is 4.77. The molecule has 0 aliphatic rings. The van der Waals surface area contributed by atoms with Gasteiger partial charge in [-0.2, -0.15) is 0 Å². The molecule has 19 heavy (non-hydrogen) atoms. The molecule has 0 saturated heterocycles. The summed E-state index contributed by atoms with van der Waals surface area (Å²) in [6.07, 6.45) is 0. The molecule has 0 radical (unpaired) electrons. The molecule has 2 atom stereocenters. The fraction of sp³-hybridized carbons (Fsp3) is 0.500. The second-order valence-corrected chi connectivity index (χ2v) is 6.61. The van der Waals surface area contributed by atoms with Crippen LogP contribution < -0.4 is 10.1 Å². The van der Waals surface area contributed by atoms with E-state index in [0.29, 0.717) is 0 Å². The standard InChI is InChI=1S/C14H19Br2NO2/c1-8(2)13(16)14(18)17-9(3)10-5-6-12(19-4)11(15)7-10/h5-9,13H,1-4H3,(H,17,18). The maximum Gasteiger partial charge on any atom is 0.234 e. The van der Waals surface area contributed by atoms with Crippen molar-refractivity contribution in [2.24, 2.45) is 5.92 Å². The van der Waals surface area contributed by atoms with Gasteiger partial charge in [-0.3, -0.25) is 4.79 Å². The van der Waals surface area contributed by atoms with Crippen LogP contribution in [-0.2, 0) is 4.79 Å². The van der Waals surface area contributed by atoms with Crippen molar-refractivity contribution in [3.8, 4) is 5.75 Å². The molecular formula is C14H19Br2NO2. The molecule has 0 heterocycles. The number of hydrogen-bond donors (Lipinski definition) is 1. The highest BCUT2D eigenvalue weighted by Gasteiger charge is 2.20. The minimum atomic E-state index is -0.170. The van der Waals surface area contributed by atoms with E-state index in [1.807, 2.05) is 39.0 Å². The summed E-state index contributed by atoms with van der Waals surface area (Å²) in [6, 6.07) is 5.75. The third kappa shape index (κ3) is 4.49. The molecule has 1 aromatic rings. The number of carbonyl (C=O) groups excluding carboxylic acids is 1. The maximum absolute atomic E-state index is 12.0. The van der Waals surface area contributed by atoms with E-state index >= 15 is 0 Å². The summed E-state index contributed by atoms with van der Waals surface area (Å²) in [6.45, 7) is 5.98. The van der Waals surface area contributed by atoms with Crippen LogP contribution in [0.4, 0.5) is 0 Å². The van der Waals surface area contributed by atoms with Gasteiger partial charge in [0.05, 0.1) is 22.5 Å². The van der Waals surface area contributed by atoms with Gasteiger partial charge in [0.2, 0.25) is 5.91 Å². The molecule has 2 unspecified atom stereocenters. The first kappa shape index (κ1) is 16.5. The van der Waals surface area contributed by atoms with Crippen molar-refractivity contribution >= 4 is 37.8 Å². The van der Waals surface area contributed by atoms with Gasteiger partial charge in [-0.05, 0) is 46.5 Å². The number of ether oxygens (including phenoxy) is 1. The zero-order valence-electron chi connectivity index (χ0n) is 11.5. The first-order valence-electron chi connectivity index (χ1n) is 6.14. The number of hydrogen-bond acceptors (Lipinski definition) is 2. The van der Waals surface area contributed by atoms with Gasteiger partial charge < -0.3 is 10.1 Å². The zero-order chi connectivity index (χ0) is 14.6. The molecule has 1 amide bonds. The molecule has 3 nitrogen and oxygen atoms in total. The van der Waals surface area contributed by atoms with Crippen LogP contribution in [0.25, 0.3) is 0 Å². The smallest absolute Gasteiger partial charge is 0.234 e. The highest BCUT2D eigenvalue weighted by Crippen LogP contribution is 2.28. The summed E-state index contributed by atoms with van der Waals surface area (Å²) in [7, 11) is 1.63. The fourth-order valence-corrected chi connectivity index (χ4v) is 2.32. The largest absolute Gasteiger partial charge is 0.496 e. The minimum Gasteiger partial charge on any atom is -0.496 e. The molecule has 0 spiro atoms. The molecule has 0 bridgehead atoms. The zero-order valence-corrected chi connectivity index (χ0v) is 14.7. The SMILES string of the molecule is COc1ccc(C(C)NC(=O)C(Br)C(C)C)cc1Br. The van der Waals surface area contributed by atoms with Gasteiger partial charge in [-0.25, -0.2) is 0 Å². The Morgan fingerprint density at radius 1 is 1.32 bits per heavy atom. The Hall–Kier alpha value is -0.550. The summed E-state index contributed by atoms with van der Waals surface area (Å²) < 4.78 is 6.07. The number of amides is 1. The van der Waals surface area contributed by atoms with Crippen LogP contribution in [0.5, 0.6) is 5.75 Å². The second kappa shape index (κ2) is 7.29. The van der Waals surface area contributed by atoms with Crippen LogP contribution >= 0.6 is 31.9 Å². The van der Waals surface area contributed by atoms with E-state index in [2.05, 4.69) is 37.2 Å². The molecule has 0 aliphatic carbocycles. The van der Waals surface area contributed by atoms with Crippen LogP contribution in [0.1, 0.15) is 32.4 Å². The van der Waals surface area contributed by atoms with Crippen molar-refractivity contribution in [1.29, 1.82) is 0 Å². The fourth-order valence-electron chi connectivity index (χ4n) is 1.63. The van der Waals surface area contributed by atoms with E-state index in [1.54, 1.807) is 7.11 Å². The Labute approximate surface area is 131 Å². The molecule has 0 saturated carbocycles. The van der Waals surface area contributed by atoms with Gasteiger partial charge in [0.1, 0.15) is 5.75 Å². The molecule has 5 heteroatoms. The molecule has 1 N–H and O–H groups in total. The normalized spacial score (nSPS) is 14.1. The monoisotopic (exact) mass is 391 g/mol. The topological polar surface area (TPSA) is 38.3 Å². The van der Waals surface area contributed by atoms with Crippen molar-refractivity contribution in [2.45, 2.75) is 31.6 Å². The van der Waals surface area contributed by atoms with Crippen molar-refractivity contribution in [3.63, 3.8) is 0 Å². The molecule has 106 valence electrons. The Bertz CT molecular complexity index is 449. The van der Waals surface area contributed by atoms with Gasteiger partial charge in [-0.15, -0.1) is 0 Å². The Kier molecular flexibility index (Phi) is 6.33. The average Bonchev–Trinajstić information content (AvgIpc) is 2.37. The summed E-state index contributed by atoms with van der Waals surface area (Å²) in [5.41, 5.74) is 1.03. The lowest BCUT2D eigenvalue weighted by molar-refractivity contribution is -0.121. The number of halogens is 2. The van der Waals surface area contributed by atoms with Crippen LogP contribution in [0.2, 0.25) is 0 Å². The van der Waals surface area contributed by atoms with E-state index in [1.165, 1.54) is 0 Å². The van der Waals surface area contributed by atoms with Crippen LogP contribution in [0.3, 0.4) is 0 Å². The number of rotatable bonds is 5. The Morgan fingerprint density at radius 3 is 2.42 bits per heavy atom. The average molecular weight is 393 g/mol. The molecule has 1 rings (SSSR count). The number of nitrogens with one attached hydrogen (secondary N) is 1. The van der Waals surface area contributed by atoms with Gasteiger partial charge in [0.25, 0.3) is 0 Å². The quantitative estimate of drug-likeness (QED) is 0.767. The van der Waals surface area contributed by atoms with Crippen molar-refractivity contribution in [2.75, 3.05) is 7.11 Å². The first-order valence-corrected chi connectivity index (χ1v) is 7.85. The number of benzene rings is 1. The van der Waals surface area contributed by atoms with Gasteiger partial charge in [0, 0.05) is 0 Å². The summed E-state index contributed by atoms with van der Waals surface area (Å²) >= 11 is 6.85. The predicted molar refractivity (Wildman–Crippen MR) is 84.8 cm³/mol. The summed E-state index contributed by atoms with van der Waals surface area (Å²) in [4.78, 5) is 11.8. The van der Waals surface area contributed by atoms with Gasteiger partial charge in [-0.1, -0.05) is 35.8 Å². The van der Waals surface area contributed by atoms with Gasteiger partial charge in [0.15, 0.2) is 0 Å². The van der Waals surface area contributed by atoms with E-state index in [0.717, 1.165) is 15.8 Å². The third-order valence-electron chi connectivity index (χ3n) is 2.87. The molecule has 0 aliphatic heterocycles. The maximum atomic E-state index is 12.0. The molecule has 0 fully saturated rings. The van der Waals surface area contributed by atoms with E-state index in [-0.39, 0.29) is 22.7 Å². The van der Waals surface area contributed by atoms with Crippen LogP contribution in [-0.4, -0.2) is 17.8 Å². The van der Waals surface area contributed by atoms with Crippen molar-refractivity contribution in [3.05, 3.63) is 28.2 Å². The van der Waals surface area contributed by atoms with E-state index < -0.39 is 0 Å². The molecular weight excluding hydrogens is 374 g/mol. The van der Waals surface area contributed by atoms with Crippen molar-refractivity contribution < 1.29 is 9.53 Å². The lowest BCUT2D eigenvalue weighted by Crippen LogP contribution is -2.35. The first-order chi connectivity index (χ1) is 8.86. The summed E-state index contributed by atoms with van der Waals surface area (Å²) in [5.74, 6) is 1.05. The third-order valence-corrected chi connectivity index (χ3v) is 4.96. The number of methoxy groups -OCH3 is 1. The van der Waals surface area contributed by atoms with Crippen molar-refractivity contribution in [1.82, 2.24) is 5.32 Å². The summed E-state index contributed by atoms with van der Waals surface area (Å²) in [5, 5.41) is 2.99. The lowest BCUT2D eigenvalue weighted by Gasteiger charge is -2.19. The Morgan fingerprint density at radius 2 is 1.95 bits per heavy atom. The van der Waals surface area contributed by atoms with Crippen LogP contribution in [0.15, 0.2) is 22.7 Å². The lowest BCUT2D eigenvalue weighted by atomic mass is 10.1. The predicted octanol–water partition coefficient (Wildman–Crippen LogP) is 4.05. The van der Waals surface area contributed by atoms with E-state index in [4.69, 9.17) is 4.74 Å². The van der Waals surface area contributed by atoms with E-state index in [9.17, 15) is 4.79 Å². The minimum absolute atomic E-state index is 0.00874. The van der Waals surface area contributed by atoms with Gasteiger partial charge >= 0.3 is 0 Å². The molecule has 0 aromatic heterocycles. The highest BCUT2D eigenvalue weighted by atomic mass is 79.9. The number of carbonyl (C=O) groups is 1. The molecule has 1 aromatic carbocycles. The van der Waals surface area contributed by atoms with Crippen LogP contribution in [0, 0.1) is 5.92 Å². The highest BCUT2D eigenvalue weighted by molar-refractivity contribution is 9.10. The number of alkyl halides is 1.